The number of carbonyl (C=O) groups is 1. The molecule has 0 amide bonds. The number of benzene rings is 1. The van der Waals surface area contributed by atoms with Crippen molar-refractivity contribution < 1.29 is 28.5 Å². The van der Waals surface area contributed by atoms with Crippen molar-refractivity contribution in [3.05, 3.63) is 47.9 Å². The van der Waals surface area contributed by atoms with Crippen LogP contribution in [0.3, 0.4) is 0 Å². The molecular weight excluding hydrogens is 288 g/mol. The summed E-state index contributed by atoms with van der Waals surface area (Å²) >= 11 is 0. The minimum absolute atomic E-state index is 0.381. The van der Waals surface area contributed by atoms with Gasteiger partial charge in [0.05, 0.1) is 5.56 Å². The second kappa shape index (κ2) is 5.72. The van der Waals surface area contributed by atoms with Gasteiger partial charge in [0.15, 0.2) is 23.8 Å². The van der Waals surface area contributed by atoms with Gasteiger partial charge in [0.2, 0.25) is 6.29 Å². The van der Waals surface area contributed by atoms with Gasteiger partial charge in [-0.3, -0.25) is 0 Å². The summed E-state index contributed by atoms with van der Waals surface area (Å²) in [5.41, 5.74) is 0.459. The van der Waals surface area contributed by atoms with Crippen molar-refractivity contribution in [3.63, 3.8) is 0 Å². The molecule has 0 spiro atoms. The summed E-state index contributed by atoms with van der Waals surface area (Å²) in [5.74, 6) is -0.822. The molecule has 2 saturated heterocycles. The molecule has 0 saturated carbocycles. The van der Waals surface area contributed by atoms with Gasteiger partial charge in [0.1, 0.15) is 6.26 Å². The summed E-state index contributed by atoms with van der Waals surface area (Å²) in [6, 6.07) is 8.71. The molecule has 2 fully saturated rings. The minimum atomic E-state index is -0.738. The highest BCUT2D eigenvalue weighted by Crippen LogP contribution is 2.40. The van der Waals surface area contributed by atoms with E-state index in [-0.39, 0.29) is 6.10 Å². The van der Waals surface area contributed by atoms with Crippen LogP contribution >= 0.6 is 0 Å². The first-order chi connectivity index (χ1) is 10.5. The molecule has 6 nitrogen and oxygen atoms in total. The van der Waals surface area contributed by atoms with Crippen molar-refractivity contribution >= 4 is 5.97 Å². The molecule has 0 bridgehead atoms. The standard InChI is InChI=1S/C16H18O6/c1-16(2)21-12-11(20-15(18-3)13(12)22-16)9-19-14(17)10-7-5-4-6-8-10/h4-9,12-13,15H,1-3H3/b11-9-/t12?,13-,15+/m0/s1. The molecule has 3 atom stereocenters. The third-order valence-corrected chi connectivity index (χ3v) is 3.45. The Bertz CT molecular complexity index is 580. The topological polar surface area (TPSA) is 63.2 Å². The van der Waals surface area contributed by atoms with Crippen LogP contribution in [0.1, 0.15) is 24.2 Å². The van der Waals surface area contributed by atoms with Crippen molar-refractivity contribution in [2.45, 2.75) is 38.1 Å². The largest absolute Gasteiger partial charge is 0.460 e. The summed E-state index contributed by atoms with van der Waals surface area (Å²) in [5, 5.41) is 0. The maximum atomic E-state index is 11.9. The zero-order valence-electron chi connectivity index (χ0n) is 12.6. The summed E-state index contributed by atoms with van der Waals surface area (Å²) in [7, 11) is 1.52. The van der Waals surface area contributed by atoms with Gasteiger partial charge in [-0.15, -0.1) is 0 Å². The number of methoxy groups -OCH3 is 1. The molecule has 118 valence electrons. The van der Waals surface area contributed by atoms with Crippen molar-refractivity contribution in [2.75, 3.05) is 7.11 Å². The fourth-order valence-electron chi connectivity index (χ4n) is 2.51. The average Bonchev–Trinajstić information content (AvgIpc) is 2.99. The molecule has 0 N–H and O–H groups in total. The van der Waals surface area contributed by atoms with Crippen molar-refractivity contribution in [1.29, 1.82) is 0 Å². The fraction of sp³-hybridized carbons (Fsp3) is 0.438. The maximum absolute atomic E-state index is 11.9. The lowest BCUT2D eigenvalue weighted by molar-refractivity contribution is -0.202. The maximum Gasteiger partial charge on any atom is 0.343 e. The van der Waals surface area contributed by atoms with E-state index in [1.807, 2.05) is 19.9 Å². The molecule has 3 rings (SSSR count). The summed E-state index contributed by atoms with van der Waals surface area (Å²) in [6.07, 6.45) is -0.171. The van der Waals surface area contributed by atoms with Crippen molar-refractivity contribution in [1.82, 2.24) is 0 Å². The quantitative estimate of drug-likeness (QED) is 0.630. The molecule has 0 radical (unpaired) electrons. The van der Waals surface area contributed by atoms with E-state index >= 15 is 0 Å². The smallest absolute Gasteiger partial charge is 0.343 e. The molecule has 2 heterocycles. The fourth-order valence-corrected chi connectivity index (χ4v) is 2.51. The van der Waals surface area contributed by atoms with Crippen molar-refractivity contribution in [2.24, 2.45) is 0 Å². The van der Waals surface area contributed by atoms with Crippen LogP contribution < -0.4 is 0 Å². The van der Waals surface area contributed by atoms with Crippen LogP contribution in [-0.2, 0) is 23.7 Å². The summed E-state index contributed by atoms with van der Waals surface area (Å²) in [4.78, 5) is 11.9. The number of ether oxygens (including phenoxy) is 5. The lowest BCUT2D eigenvalue weighted by atomic mass is 10.2. The van der Waals surface area contributed by atoms with E-state index < -0.39 is 24.2 Å². The first-order valence-corrected chi connectivity index (χ1v) is 7.01. The molecule has 6 heteroatoms. The van der Waals surface area contributed by atoms with Crippen molar-refractivity contribution in [3.8, 4) is 0 Å². The van der Waals surface area contributed by atoms with E-state index in [1.54, 1.807) is 24.3 Å². The second-order valence-corrected chi connectivity index (χ2v) is 5.53. The van der Waals surface area contributed by atoms with E-state index in [2.05, 4.69) is 0 Å². The number of hydrogen-bond donors (Lipinski definition) is 0. The lowest BCUT2D eigenvalue weighted by Crippen LogP contribution is -2.30. The molecule has 2 aliphatic heterocycles. The molecule has 1 unspecified atom stereocenters. The van der Waals surface area contributed by atoms with Gasteiger partial charge in [0, 0.05) is 7.11 Å². The molecule has 1 aromatic rings. The Morgan fingerprint density at radius 1 is 1.23 bits per heavy atom. The van der Waals surface area contributed by atoms with Gasteiger partial charge in [-0.1, -0.05) is 18.2 Å². The van der Waals surface area contributed by atoms with Gasteiger partial charge in [0.25, 0.3) is 0 Å². The van der Waals surface area contributed by atoms with Gasteiger partial charge >= 0.3 is 5.97 Å². The van der Waals surface area contributed by atoms with E-state index in [4.69, 9.17) is 23.7 Å². The van der Waals surface area contributed by atoms with Crippen LogP contribution in [0.4, 0.5) is 0 Å². The molecule has 22 heavy (non-hydrogen) atoms. The zero-order valence-corrected chi connectivity index (χ0v) is 12.6. The summed E-state index contributed by atoms with van der Waals surface area (Å²) in [6.45, 7) is 3.62. The molecule has 1 aromatic carbocycles. The molecule has 0 aromatic heterocycles. The van der Waals surface area contributed by atoms with E-state index in [1.165, 1.54) is 13.4 Å². The highest BCUT2D eigenvalue weighted by Gasteiger charge is 2.54. The van der Waals surface area contributed by atoms with E-state index in [0.29, 0.717) is 11.3 Å². The van der Waals surface area contributed by atoms with Gasteiger partial charge < -0.3 is 23.7 Å². The number of hydrogen-bond acceptors (Lipinski definition) is 6. The van der Waals surface area contributed by atoms with Crippen LogP contribution in [0, 0.1) is 0 Å². The van der Waals surface area contributed by atoms with Gasteiger partial charge in [-0.05, 0) is 26.0 Å². The Labute approximate surface area is 128 Å². The van der Waals surface area contributed by atoms with Crippen LogP contribution in [0.2, 0.25) is 0 Å². The van der Waals surface area contributed by atoms with E-state index in [0.717, 1.165) is 0 Å². The van der Waals surface area contributed by atoms with Gasteiger partial charge in [-0.2, -0.15) is 0 Å². The van der Waals surface area contributed by atoms with Crippen LogP contribution in [-0.4, -0.2) is 37.4 Å². The molecule has 0 aliphatic carbocycles. The number of carbonyl (C=O) groups excluding carboxylic acids is 1. The molecular formula is C16H18O6. The zero-order chi connectivity index (χ0) is 15.7. The highest BCUT2D eigenvalue weighted by molar-refractivity contribution is 5.89. The number of fused-ring (bicyclic) bond motifs is 1. The molecule has 2 aliphatic rings. The Hall–Kier alpha value is -1.89. The van der Waals surface area contributed by atoms with Crippen LogP contribution in [0.15, 0.2) is 42.4 Å². The Balaban J connectivity index is 1.73. The van der Waals surface area contributed by atoms with Crippen LogP contribution in [0.25, 0.3) is 0 Å². The van der Waals surface area contributed by atoms with Crippen LogP contribution in [0.5, 0.6) is 0 Å². The Morgan fingerprint density at radius 2 is 1.95 bits per heavy atom. The van der Waals surface area contributed by atoms with E-state index in [9.17, 15) is 4.79 Å². The normalized spacial score (nSPS) is 30.9. The number of esters is 1. The first kappa shape index (κ1) is 15.0. The minimum Gasteiger partial charge on any atom is -0.460 e. The Morgan fingerprint density at radius 3 is 2.64 bits per heavy atom. The Kier molecular flexibility index (Phi) is 3.90. The second-order valence-electron chi connectivity index (χ2n) is 5.53. The van der Waals surface area contributed by atoms with Gasteiger partial charge in [-0.25, -0.2) is 4.79 Å². The monoisotopic (exact) mass is 306 g/mol. The predicted octanol–water partition coefficient (Wildman–Crippen LogP) is 2.21. The third kappa shape index (κ3) is 2.85. The third-order valence-electron chi connectivity index (χ3n) is 3.45. The average molecular weight is 306 g/mol. The lowest BCUT2D eigenvalue weighted by Gasteiger charge is -2.21. The summed E-state index contributed by atoms with van der Waals surface area (Å²) < 4.78 is 27.5. The predicted molar refractivity (Wildman–Crippen MR) is 75.6 cm³/mol. The first-order valence-electron chi connectivity index (χ1n) is 7.01. The highest BCUT2D eigenvalue weighted by atomic mass is 16.8. The SMILES string of the molecule is CO[C@@H]1O/C(=C\OC(=O)c2ccccc2)C2OC(C)(C)O[C@@H]21. The number of rotatable bonds is 3.